The number of carbonyl (C=O) groups is 1. The molecule has 0 aliphatic rings. The second-order valence-electron chi connectivity index (χ2n) is 6.50. The maximum Gasteiger partial charge on any atom is 0.260 e. The molecule has 4 aromatic rings. The summed E-state index contributed by atoms with van der Waals surface area (Å²) in [6.07, 6.45) is 0. The summed E-state index contributed by atoms with van der Waals surface area (Å²) >= 11 is 6.05. The maximum absolute atomic E-state index is 12.5. The van der Waals surface area contributed by atoms with Crippen molar-refractivity contribution in [3.8, 4) is 17.2 Å². The molecular formula is C20H16ClN5O2. The number of benzene rings is 2. The number of rotatable bonds is 3. The van der Waals surface area contributed by atoms with Gasteiger partial charge in [-0.1, -0.05) is 23.7 Å². The summed E-state index contributed by atoms with van der Waals surface area (Å²) in [5.41, 5.74) is 8.88. The number of nitrogens with two attached hydrogens (primary N) is 1. The Morgan fingerprint density at radius 1 is 1.18 bits per heavy atom. The normalized spacial score (nSPS) is 11.1. The average molecular weight is 394 g/mol. The number of amides is 1. The Kier molecular flexibility index (Phi) is 4.24. The summed E-state index contributed by atoms with van der Waals surface area (Å²) in [7, 11) is 0. The van der Waals surface area contributed by atoms with Gasteiger partial charge in [-0.05, 0) is 49.7 Å². The number of nitrogens with zero attached hydrogens (tertiary/aromatic N) is 3. The van der Waals surface area contributed by atoms with E-state index < -0.39 is 5.91 Å². The highest BCUT2D eigenvalue weighted by molar-refractivity contribution is 6.31. The van der Waals surface area contributed by atoms with E-state index in [4.69, 9.17) is 17.3 Å². The monoisotopic (exact) mass is 393 g/mol. The Hall–Kier alpha value is -3.45. The number of aromatic nitrogens is 4. The van der Waals surface area contributed by atoms with E-state index in [0.29, 0.717) is 38.4 Å². The van der Waals surface area contributed by atoms with Crippen molar-refractivity contribution in [1.29, 1.82) is 0 Å². The topological polar surface area (TPSA) is 107 Å². The molecule has 0 saturated heterocycles. The molecule has 3 N–H and O–H groups in total. The van der Waals surface area contributed by atoms with Gasteiger partial charge in [0.25, 0.3) is 5.56 Å². The van der Waals surface area contributed by atoms with Crippen molar-refractivity contribution >= 4 is 28.4 Å². The zero-order valence-electron chi connectivity index (χ0n) is 15.2. The number of aromatic amines is 1. The highest BCUT2D eigenvalue weighted by Crippen LogP contribution is 2.29. The van der Waals surface area contributed by atoms with Gasteiger partial charge in [-0.3, -0.25) is 14.6 Å². The van der Waals surface area contributed by atoms with Gasteiger partial charge in [0.05, 0.1) is 22.3 Å². The summed E-state index contributed by atoms with van der Waals surface area (Å²) < 4.78 is 1.51. The highest BCUT2D eigenvalue weighted by atomic mass is 35.5. The largest absolute Gasteiger partial charge is 0.366 e. The lowest BCUT2D eigenvalue weighted by molar-refractivity contribution is 0.100. The number of carbonyl (C=O) groups excluding carboxylic acids is 1. The van der Waals surface area contributed by atoms with Crippen molar-refractivity contribution < 1.29 is 4.79 Å². The third-order valence-electron chi connectivity index (χ3n) is 4.48. The molecule has 140 valence electrons. The minimum atomic E-state index is -0.546. The van der Waals surface area contributed by atoms with Gasteiger partial charge in [0, 0.05) is 16.1 Å². The van der Waals surface area contributed by atoms with Crippen LogP contribution in [-0.2, 0) is 0 Å². The van der Waals surface area contributed by atoms with Crippen LogP contribution in [0.15, 0.2) is 47.3 Å². The Balaban J connectivity index is 2.02. The van der Waals surface area contributed by atoms with Crippen LogP contribution in [0.4, 0.5) is 0 Å². The minimum absolute atomic E-state index is 0.224. The van der Waals surface area contributed by atoms with Crippen molar-refractivity contribution in [1.82, 2.24) is 19.7 Å². The predicted octanol–water partition coefficient (Wildman–Crippen LogP) is 3.14. The summed E-state index contributed by atoms with van der Waals surface area (Å²) in [6, 6.07) is 12.0. The predicted molar refractivity (Wildman–Crippen MR) is 108 cm³/mol. The SMILES string of the molecule is Cc1cc(-c2c(C)cccc2C(N)=O)n(-c2nc3cc(Cl)ccc3c(=O)[nH]2)n1. The molecule has 0 spiro atoms. The average Bonchev–Trinajstić information content (AvgIpc) is 3.02. The molecule has 0 atom stereocenters. The molecule has 2 heterocycles. The second kappa shape index (κ2) is 6.61. The highest BCUT2D eigenvalue weighted by Gasteiger charge is 2.19. The molecule has 0 aliphatic carbocycles. The fourth-order valence-electron chi connectivity index (χ4n) is 3.25. The fourth-order valence-corrected chi connectivity index (χ4v) is 3.42. The van der Waals surface area contributed by atoms with Crippen molar-refractivity contribution in [2.45, 2.75) is 13.8 Å². The lowest BCUT2D eigenvalue weighted by Gasteiger charge is -2.12. The summed E-state index contributed by atoms with van der Waals surface area (Å²) in [6.45, 7) is 3.70. The number of hydrogen-bond donors (Lipinski definition) is 2. The molecular weight excluding hydrogens is 378 g/mol. The Bertz CT molecular complexity index is 1310. The van der Waals surface area contributed by atoms with Gasteiger partial charge in [-0.25, -0.2) is 4.98 Å². The molecule has 4 rings (SSSR count). The van der Waals surface area contributed by atoms with Crippen molar-refractivity contribution in [3.05, 3.63) is 74.7 Å². The number of hydrogen-bond acceptors (Lipinski definition) is 4. The second-order valence-corrected chi connectivity index (χ2v) is 6.93. The molecule has 2 aromatic carbocycles. The summed E-state index contributed by atoms with van der Waals surface area (Å²) in [5, 5.41) is 5.37. The van der Waals surface area contributed by atoms with Crippen LogP contribution < -0.4 is 11.3 Å². The quantitative estimate of drug-likeness (QED) is 0.557. The van der Waals surface area contributed by atoms with E-state index in [1.54, 1.807) is 30.3 Å². The van der Waals surface area contributed by atoms with E-state index >= 15 is 0 Å². The third kappa shape index (κ3) is 2.95. The lowest BCUT2D eigenvalue weighted by Crippen LogP contribution is -2.17. The van der Waals surface area contributed by atoms with E-state index in [9.17, 15) is 9.59 Å². The van der Waals surface area contributed by atoms with Gasteiger partial charge < -0.3 is 5.73 Å². The van der Waals surface area contributed by atoms with E-state index in [1.165, 1.54) is 4.68 Å². The number of aryl methyl sites for hydroxylation is 2. The van der Waals surface area contributed by atoms with Gasteiger partial charge in [-0.2, -0.15) is 9.78 Å². The van der Waals surface area contributed by atoms with Crippen LogP contribution in [0.2, 0.25) is 5.02 Å². The van der Waals surface area contributed by atoms with Crippen LogP contribution in [0.3, 0.4) is 0 Å². The fraction of sp³-hybridized carbons (Fsp3) is 0.100. The van der Waals surface area contributed by atoms with E-state index in [0.717, 1.165) is 5.56 Å². The molecule has 2 aromatic heterocycles. The van der Waals surface area contributed by atoms with Crippen LogP contribution in [0, 0.1) is 13.8 Å². The van der Waals surface area contributed by atoms with Crippen molar-refractivity contribution in [2.24, 2.45) is 5.73 Å². The third-order valence-corrected chi connectivity index (χ3v) is 4.72. The zero-order valence-corrected chi connectivity index (χ0v) is 15.9. The number of fused-ring (bicyclic) bond motifs is 1. The van der Waals surface area contributed by atoms with Crippen molar-refractivity contribution in [3.63, 3.8) is 0 Å². The smallest absolute Gasteiger partial charge is 0.260 e. The molecule has 8 heteroatoms. The van der Waals surface area contributed by atoms with Crippen LogP contribution >= 0.6 is 11.6 Å². The molecule has 1 amide bonds. The first kappa shape index (κ1) is 17.9. The molecule has 0 unspecified atom stereocenters. The Labute approximate surface area is 164 Å². The van der Waals surface area contributed by atoms with Crippen LogP contribution in [-0.4, -0.2) is 25.7 Å². The zero-order chi connectivity index (χ0) is 20.0. The first-order valence-corrected chi connectivity index (χ1v) is 8.89. The van der Waals surface area contributed by atoms with Gasteiger partial charge in [-0.15, -0.1) is 0 Å². The summed E-state index contributed by atoms with van der Waals surface area (Å²) in [4.78, 5) is 31.8. The standard InChI is InChI=1S/C20H16ClN5O2/c1-10-4-3-5-14(18(22)27)17(10)16-8-11(2)25-26(16)20-23-15-9-12(21)6-7-13(15)19(28)24-20/h3-9H,1-2H3,(H2,22,27)(H,23,24,28). The molecule has 28 heavy (non-hydrogen) atoms. The maximum atomic E-state index is 12.5. The molecule has 0 bridgehead atoms. The molecule has 0 aliphatic heterocycles. The Morgan fingerprint density at radius 2 is 1.96 bits per heavy atom. The van der Waals surface area contributed by atoms with Gasteiger partial charge in [0.2, 0.25) is 11.9 Å². The van der Waals surface area contributed by atoms with E-state index in [-0.39, 0.29) is 11.5 Å². The number of nitrogens with one attached hydrogen (secondary N) is 1. The first-order valence-electron chi connectivity index (χ1n) is 8.51. The molecule has 7 nitrogen and oxygen atoms in total. The van der Waals surface area contributed by atoms with Gasteiger partial charge >= 0.3 is 0 Å². The lowest BCUT2D eigenvalue weighted by atomic mass is 9.98. The summed E-state index contributed by atoms with van der Waals surface area (Å²) in [5.74, 6) is -0.322. The molecule has 0 radical (unpaired) electrons. The van der Waals surface area contributed by atoms with Gasteiger partial charge in [0.15, 0.2) is 0 Å². The van der Waals surface area contributed by atoms with Crippen LogP contribution in [0.1, 0.15) is 21.6 Å². The Morgan fingerprint density at radius 3 is 2.71 bits per heavy atom. The number of halogens is 1. The van der Waals surface area contributed by atoms with E-state index in [2.05, 4.69) is 15.1 Å². The van der Waals surface area contributed by atoms with Gasteiger partial charge in [0.1, 0.15) is 0 Å². The van der Waals surface area contributed by atoms with Crippen LogP contribution in [0.25, 0.3) is 28.1 Å². The number of primary amides is 1. The first-order chi connectivity index (χ1) is 13.3. The molecule has 0 saturated carbocycles. The van der Waals surface area contributed by atoms with Crippen molar-refractivity contribution in [2.75, 3.05) is 0 Å². The number of H-pyrrole nitrogens is 1. The molecule has 0 fully saturated rings. The van der Waals surface area contributed by atoms with E-state index in [1.807, 2.05) is 26.0 Å². The minimum Gasteiger partial charge on any atom is -0.366 e. The van der Waals surface area contributed by atoms with Crippen LogP contribution in [0.5, 0.6) is 0 Å².